The van der Waals surface area contributed by atoms with Gasteiger partial charge in [-0.1, -0.05) is 19.1 Å². The Hall–Kier alpha value is -1.13. The Morgan fingerprint density at radius 3 is 2.75 bits per heavy atom. The van der Waals surface area contributed by atoms with Gasteiger partial charge in [0, 0.05) is 22.3 Å². The van der Waals surface area contributed by atoms with Gasteiger partial charge >= 0.3 is 0 Å². The summed E-state index contributed by atoms with van der Waals surface area (Å²) in [6.07, 6.45) is 2.77. The molecule has 84 valence electrons. The monoisotopic (exact) mass is 279 g/mol. The fourth-order valence-corrected chi connectivity index (χ4v) is 2.24. The lowest BCUT2D eigenvalue weighted by molar-refractivity contribution is 0.804. The maximum atomic E-state index is 5.69. The second kappa shape index (κ2) is 4.80. The molecule has 0 saturated carbocycles. The average molecular weight is 280 g/mol. The van der Waals surface area contributed by atoms with Crippen LogP contribution in [0, 0.1) is 0 Å². The van der Waals surface area contributed by atoms with Gasteiger partial charge in [0.05, 0.1) is 11.9 Å². The van der Waals surface area contributed by atoms with Gasteiger partial charge < -0.3 is 5.73 Å². The summed E-state index contributed by atoms with van der Waals surface area (Å²) < 4.78 is 2.99. The highest BCUT2D eigenvalue weighted by Crippen LogP contribution is 2.22. The number of para-hydroxylation sites is 1. The maximum Gasteiger partial charge on any atom is 0.0790 e. The zero-order valence-corrected chi connectivity index (χ0v) is 10.7. The van der Waals surface area contributed by atoms with E-state index in [0.29, 0.717) is 6.54 Å². The topological polar surface area (TPSA) is 43.8 Å². The summed E-state index contributed by atoms with van der Waals surface area (Å²) in [7, 11) is 0. The second-order valence-corrected chi connectivity index (χ2v) is 4.39. The van der Waals surface area contributed by atoms with Crippen molar-refractivity contribution in [1.29, 1.82) is 0 Å². The van der Waals surface area contributed by atoms with Crippen molar-refractivity contribution in [2.75, 3.05) is 0 Å². The average Bonchev–Trinajstić information content (AvgIpc) is 2.72. The van der Waals surface area contributed by atoms with Gasteiger partial charge in [-0.2, -0.15) is 5.10 Å². The van der Waals surface area contributed by atoms with Gasteiger partial charge in [0.25, 0.3) is 0 Å². The van der Waals surface area contributed by atoms with Crippen molar-refractivity contribution in [2.24, 2.45) is 5.73 Å². The Labute approximate surface area is 103 Å². The zero-order valence-electron chi connectivity index (χ0n) is 9.15. The van der Waals surface area contributed by atoms with Crippen LogP contribution in [0.2, 0.25) is 0 Å². The number of benzene rings is 1. The number of aromatic nitrogens is 2. The molecule has 3 nitrogen and oxygen atoms in total. The van der Waals surface area contributed by atoms with Gasteiger partial charge in [-0.25, -0.2) is 4.68 Å². The molecule has 0 spiro atoms. The van der Waals surface area contributed by atoms with Crippen LogP contribution < -0.4 is 5.73 Å². The Balaban J connectivity index is 2.56. The van der Waals surface area contributed by atoms with Crippen molar-refractivity contribution in [2.45, 2.75) is 19.9 Å². The highest BCUT2D eigenvalue weighted by atomic mass is 79.9. The third kappa shape index (κ3) is 1.90. The van der Waals surface area contributed by atoms with Crippen LogP contribution in [0.5, 0.6) is 0 Å². The molecule has 0 radical (unpaired) electrons. The molecule has 0 aliphatic carbocycles. The van der Waals surface area contributed by atoms with Crippen molar-refractivity contribution < 1.29 is 0 Å². The molecule has 0 amide bonds. The molecular weight excluding hydrogens is 266 g/mol. The molecule has 1 aromatic heterocycles. The van der Waals surface area contributed by atoms with Crippen LogP contribution in [0.15, 0.2) is 34.9 Å². The van der Waals surface area contributed by atoms with Gasteiger partial charge in [0.1, 0.15) is 0 Å². The smallest absolute Gasteiger partial charge is 0.0790 e. The van der Waals surface area contributed by atoms with Gasteiger partial charge in [-0.05, 0) is 34.5 Å². The quantitative estimate of drug-likeness (QED) is 0.939. The number of hydrogen-bond acceptors (Lipinski definition) is 2. The molecule has 0 atom stereocenters. The van der Waals surface area contributed by atoms with Crippen LogP contribution >= 0.6 is 15.9 Å². The minimum Gasteiger partial charge on any atom is -0.326 e. The first-order valence-electron chi connectivity index (χ1n) is 5.28. The van der Waals surface area contributed by atoms with Crippen molar-refractivity contribution in [3.8, 4) is 5.69 Å². The summed E-state index contributed by atoms with van der Waals surface area (Å²) in [5.74, 6) is 0. The summed E-state index contributed by atoms with van der Waals surface area (Å²) >= 11 is 3.54. The van der Waals surface area contributed by atoms with E-state index in [2.05, 4.69) is 28.0 Å². The predicted molar refractivity (Wildman–Crippen MR) is 68.5 cm³/mol. The molecule has 2 aromatic rings. The molecule has 0 saturated heterocycles. The zero-order chi connectivity index (χ0) is 11.5. The first kappa shape index (κ1) is 11.4. The first-order valence-corrected chi connectivity index (χ1v) is 6.08. The van der Waals surface area contributed by atoms with E-state index in [9.17, 15) is 0 Å². The predicted octanol–water partition coefficient (Wildman–Crippen LogP) is 2.66. The van der Waals surface area contributed by atoms with Gasteiger partial charge in [0.2, 0.25) is 0 Å². The normalized spacial score (nSPS) is 10.7. The molecule has 0 aliphatic heterocycles. The summed E-state index contributed by atoms with van der Waals surface area (Å²) in [5, 5.41) is 4.40. The Morgan fingerprint density at radius 1 is 1.38 bits per heavy atom. The van der Waals surface area contributed by atoms with E-state index in [4.69, 9.17) is 5.73 Å². The van der Waals surface area contributed by atoms with Crippen LogP contribution in [0.1, 0.15) is 18.2 Å². The third-order valence-electron chi connectivity index (χ3n) is 2.59. The molecule has 0 fully saturated rings. The lowest BCUT2D eigenvalue weighted by Crippen LogP contribution is -2.05. The molecule has 4 heteroatoms. The van der Waals surface area contributed by atoms with E-state index in [1.54, 1.807) is 0 Å². The van der Waals surface area contributed by atoms with Crippen LogP contribution in [-0.4, -0.2) is 9.78 Å². The summed E-state index contributed by atoms with van der Waals surface area (Å²) in [4.78, 5) is 0. The summed E-state index contributed by atoms with van der Waals surface area (Å²) in [6, 6.07) is 8.05. The van der Waals surface area contributed by atoms with Crippen LogP contribution in [0.4, 0.5) is 0 Å². The van der Waals surface area contributed by atoms with Crippen LogP contribution in [-0.2, 0) is 13.0 Å². The lowest BCUT2D eigenvalue weighted by Gasteiger charge is -2.08. The van der Waals surface area contributed by atoms with Gasteiger partial charge in [-0.15, -0.1) is 0 Å². The number of rotatable bonds is 3. The molecule has 1 aromatic carbocycles. The van der Waals surface area contributed by atoms with E-state index in [0.717, 1.165) is 22.1 Å². The summed E-state index contributed by atoms with van der Waals surface area (Å²) in [6.45, 7) is 2.65. The fourth-order valence-electron chi connectivity index (χ4n) is 1.79. The van der Waals surface area contributed by atoms with Crippen molar-refractivity contribution >= 4 is 15.9 Å². The Bertz CT molecular complexity index is 491. The number of halogens is 1. The van der Waals surface area contributed by atoms with Crippen LogP contribution in [0.3, 0.4) is 0 Å². The van der Waals surface area contributed by atoms with Crippen LogP contribution in [0.25, 0.3) is 5.69 Å². The Morgan fingerprint density at radius 2 is 2.12 bits per heavy atom. The molecule has 0 bridgehead atoms. The van der Waals surface area contributed by atoms with E-state index in [1.165, 1.54) is 5.69 Å². The number of hydrogen-bond donors (Lipinski definition) is 1. The van der Waals surface area contributed by atoms with Crippen molar-refractivity contribution in [3.05, 3.63) is 46.2 Å². The molecule has 2 rings (SSSR count). The largest absolute Gasteiger partial charge is 0.326 e. The highest BCUT2D eigenvalue weighted by Gasteiger charge is 2.10. The molecule has 2 N–H and O–H groups in total. The SMILES string of the molecule is CCc1c(CN)cnn1-c1ccccc1Br. The second-order valence-electron chi connectivity index (χ2n) is 3.54. The van der Waals surface area contributed by atoms with Gasteiger partial charge in [0.15, 0.2) is 0 Å². The lowest BCUT2D eigenvalue weighted by atomic mass is 10.2. The van der Waals surface area contributed by atoms with Crippen molar-refractivity contribution in [3.63, 3.8) is 0 Å². The van der Waals surface area contributed by atoms with E-state index in [1.807, 2.05) is 35.1 Å². The van der Waals surface area contributed by atoms with E-state index in [-0.39, 0.29) is 0 Å². The minimum atomic E-state index is 0.535. The summed E-state index contributed by atoms with van der Waals surface area (Å²) in [5.41, 5.74) is 9.03. The van der Waals surface area contributed by atoms with E-state index >= 15 is 0 Å². The number of nitrogens with zero attached hydrogens (tertiary/aromatic N) is 2. The molecule has 0 aliphatic rings. The third-order valence-corrected chi connectivity index (χ3v) is 3.26. The van der Waals surface area contributed by atoms with Gasteiger partial charge in [-0.3, -0.25) is 0 Å². The minimum absolute atomic E-state index is 0.535. The Kier molecular flexibility index (Phi) is 3.41. The molecule has 1 heterocycles. The highest BCUT2D eigenvalue weighted by molar-refractivity contribution is 9.10. The van der Waals surface area contributed by atoms with Crippen molar-refractivity contribution in [1.82, 2.24) is 9.78 Å². The molecular formula is C12H14BrN3. The molecule has 16 heavy (non-hydrogen) atoms. The first-order chi connectivity index (χ1) is 7.77. The standard InChI is InChI=1S/C12H14BrN3/c1-2-11-9(7-14)8-15-16(11)12-6-4-3-5-10(12)13/h3-6,8H,2,7,14H2,1H3. The van der Waals surface area contributed by atoms with E-state index < -0.39 is 0 Å². The number of nitrogens with two attached hydrogens (primary N) is 1. The molecule has 0 unspecified atom stereocenters. The maximum absolute atomic E-state index is 5.69. The fraction of sp³-hybridized carbons (Fsp3) is 0.250.